The van der Waals surface area contributed by atoms with Crippen molar-refractivity contribution in [3.63, 3.8) is 0 Å². The van der Waals surface area contributed by atoms with Crippen LogP contribution in [0.15, 0.2) is 35.2 Å². The van der Waals surface area contributed by atoms with Gasteiger partial charge in [-0.2, -0.15) is 5.10 Å². The molecule has 1 aromatic carbocycles. The number of nitrogens with one attached hydrogen (secondary N) is 1. The van der Waals surface area contributed by atoms with Crippen molar-refractivity contribution in [1.29, 1.82) is 0 Å². The smallest absolute Gasteiger partial charge is 0.274 e. The molecule has 1 unspecified atom stereocenters. The number of likely N-dealkylation sites (tertiary alicyclic amines) is 1. The van der Waals surface area contributed by atoms with Crippen LogP contribution in [0.2, 0.25) is 0 Å². The van der Waals surface area contributed by atoms with Crippen LogP contribution in [0.4, 0.5) is 0 Å². The molecule has 0 saturated carbocycles. The van der Waals surface area contributed by atoms with E-state index in [4.69, 9.17) is 0 Å². The third-order valence-electron chi connectivity index (χ3n) is 5.88. The zero-order valence-corrected chi connectivity index (χ0v) is 20.9. The number of piperidine rings is 1. The number of benzene rings is 1. The first-order chi connectivity index (χ1) is 14.9. The van der Waals surface area contributed by atoms with Gasteiger partial charge >= 0.3 is 0 Å². The van der Waals surface area contributed by atoms with E-state index < -0.39 is 10.0 Å². The average Bonchev–Trinajstić information content (AvgIpc) is 3.19. The lowest BCUT2D eigenvalue weighted by Crippen LogP contribution is -2.44. The van der Waals surface area contributed by atoms with Crippen molar-refractivity contribution in [3.05, 3.63) is 47.3 Å². The van der Waals surface area contributed by atoms with E-state index in [0.29, 0.717) is 25.3 Å². The summed E-state index contributed by atoms with van der Waals surface area (Å²) >= 11 is 0. The monoisotopic (exact) mass is 460 g/mol. The van der Waals surface area contributed by atoms with Crippen LogP contribution in [-0.2, 0) is 15.6 Å². The summed E-state index contributed by atoms with van der Waals surface area (Å²) in [5.41, 5.74) is 2.31. The third-order valence-corrected chi connectivity index (χ3v) is 7.32. The van der Waals surface area contributed by atoms with Gasteiger partial charge in [0.2, 0.25) is 10.0 Å². The minimum Gasteiger partial charge on any atom is -0.337 e. The molecule has 176 valence electrons. The summed E-state index contributed by atoms with van der Waals surface area (Å²) in [4.78, 5) is 15.3. The van der Waals surface area contributed by atoms with Gasteiger partial charge in [-0.15, -0.1) is 0 Å². The maximum absolute atomic E-state index is 13.2. The van der Waals surface area contributed by atoms with Crippen LogP contribution in [-0.4, -0.2) is 48.6 Å². The summed E-state index contributed by atoms with van der Waals surface area (Å²) in [6, 6.07) is 8.72. The summed E-state index contributed by atoms with van der Waals surface area (Å²) in [5, 5.41) is 4.65. The molecule has 0 bridgehead atoms. The fourth-order valence-electron chi connectivity index (χ4n) is 4.06. The van der Waals surface area contributed by atoms with Gasteiger partial charge in [0.25, 0.3) is 5.91 Å². The van der Waals surface area contributed by atoms with E-state index in [9.17, 15) is 13.2 Å². The molecular formula is C24H36N4O3S. The van der Waals surface area contributed by atoms with E-state index in [1.54, 1.807) is 24.3 Å². The van der Waals surface area contributed by atoms with Crippen molar-refractivity contribution in [1.82, 2.24) is 19.4 Å². The molecule has 1 N–H and O–H groups in total. The van der Waals surface area contributed by atoms with Crippen LogP contribution in [0.5, 0.6) is 0 Å². The zero-order chi connectivity index (χ0) is 23.7. The summed E-state index contributed by atoms with van der Waals surface area (Å²) in [5.74, 6) is 0.247. The van der Waals surface area contributed by atoms with Crippen molar-refractivity contribution in [2.24, 2.45) is 5.92 Å². The quantitative estimate of drug-likeness (QED) is 0.709. The Morgan fingerprint density at radius 2 is 1.88 bits per heavy atom. The molecule has 0 aliphatic carbocycles. The highest BCUT2D eigenvalue weighted by atomic mass is 32.2. The predicted octanol–water partition coefficient (Wildman–Crippen LogP) is 3.90. The molecule has 3 rings (SSSR count). The summed E-state index contributed by atoms with van der Waals surface area (Å²) in [6.07, 6.45) is 1.73. The Morgan fingerprint density at radius 1 is 1.22 bits per heavy atom. The number of rotatable bonds is 6. The largest absolute Gasteiger partial charge is 0.337 e. The van der Waals surface area contributed by atoms with Gasteiger partial charge in [0.1, 0.15) is 0 Å². The van der Waals surface area contributed by atoms with Crippen molar-refractivity contribution in [2.45, 2.75) is 70.7 Å². The first-order valence-corrected chi connectivity index (χ1v) is 12.8. The van der Waals surface area contributed by atoms with Crippen molar-refractivity contribution in [2.75, 3.05) is 19.6 Å². The number of carbonyl (C=O) groups is 1. The number of amides is 1. The Kier molecular flexibility index (Phi) is 7.15. The van der Waals surface area contributed by atoms with E-state index >= 15 is 0 Å². The van der Waals surface area contributed by atoms with Gasteiger partial charge in [0.15, 0.2) is 5.69 Å². The Balaban J connectivity index is 1.68. The second-order valence-corrected chi connectivity index (χ2v) is 11.9. The van der Waals surface area contributed by atoms with Gasteiger partial charge in [-0.25, -0.2) is 13.1 Å². The molecule has 8 heteroatoms. The van der Waals surface area contributed by atoms with Crippen LogP contribution in [0, 0.1) is 12.8 Å². The van der Waals surface area contributed by atoms with E-state index in [1.165, 1.54) is 0 Å². The van der Waals surface area contributed by atoms with Gasteiger partial charge < -0.3 is 4.90 Å². The lowest BCUT2D eigenvalue weighted by atomic mass is 9.98. The first kappa shape index (κ1) is 24.5. The molecule has 2 heterocycles. The van der Waals surface area contributed by atoms with Crippen LogP contribution in [0.1, 0.15) is 75.1 Å². The van der Waals surface area contributed by atoms with Crippen molar-refractivity contribution in [3.8, 4) is 0 Å². The fourth-order valence-corrected chi connectivity index (χ4v) is 5.17. The van der Waals surface area contributed by atoms with Gasteiger partial charge in [0.05, 0.1) is 10.4 Å². The third kappa shape index (κ3) is 5.59. The minimum absolute atomic E-state index is 0.0715. The van der Waals surface area contributed by atoms with Crippen molar-refractivity contribution >= 4 is 15.9 Å². The summed E-state index contributed by atoms with van der Waals surface area (Å²) in [7, 11) is -3.56. The minimum atomic E-state index is -3.56. The molecule has 1 amide bonds. The normalized spacial score (nSPS) is 17.7. The van der Waals surface area contributed by atoms with E-state index in [2.05, 4.69) is 44.4 Å². The molecule has 32 heavy (non-hydrogen) atoms. The van der Waals surface area contributed by atoms with Gasteiger partial charge in [-0.3, -0.25) is 9.48 Å². The standard InChI is InChI=1S/C24H36N4O3S/c1-17(2)22-14-21(26-28(22)24(4,5)6)23(29)27-13-7-8-19(16-27)15-25-32(30,31)20-11-9-18(3)10-12-20/h9-12,14,17,19,25H,7-8,13,15-16H2,1-6H3. The van der Waals surface area contributed by atoms with E-state index in [1.807, 2.05) is 22.6 Å². The molecule has 1 saturated heterocycles. The lowest BCUT2D eigenvalue weighted by molar-refractivity contribution is 0.0668. The number of sulfonamides is 1. The molecule has 0 radical (unpaired) electrons. The Bertz CT molecular complexity index is 1050. The Labute approximate surface area is 192 Å². The number of aryl methyl sites for hydroxylation is 1. The molecule has 1 atom stereocenters. The topological polar surface area (TPSA) is 84.3 Å². The molecule has 2 aromatic rings. The molecule has 1 aliphatic rings. The Hall–Kier alpha value is -2.19. The maximum atomic E-state index is 13.2. The molecular weight excluding hydrogens is 424 g/mol. The van der Waals surface area contributed by atoms with Gasteiger partial charge in [-0.1, -0.05) is 31.5 Å². The number of carbonyl (C=O) groups excluding carboxylic acids is 1. The number of hydrogen-bond donors (Lipinski definition) is 1. The molecule has 1 aliphatic heterocycles. The summed E-state index contributed by atoms with van der Waals surface area (Å²) < 4.78 is 29.9. The molecule has 0 spiro atoms. The number of nitrogens with zero attached hydrogens (tertiary/aromatic N) is 3. The second kappa shape index (κ2) is 9.35. The summed E-state index contributed by atoms with van der Waals surface area (Å²) in [6.45, 7) is 13.9. The maximum Gasteiger partial charge on any atom is 0.274 e. The molecule has 1 fully saturated rings. The highest BCUT2D eigenvalue weighted by Gasteiger charge is 2.29. The predicted molar refractivity (Wildman–Crippen MR) is 126 cm³/mol. The zero-order valence-electron chi connectivity index (χ0n) is 20.1. The first-order valence-electron chi connectivity index (χ1n) is 11.3. The van der Waals surface area contributed by atoms with Crippen LogP contribution in [0.3, 0.4) is 0 Å². The van der Waals surface area contributed by atoms with Crippen molar-refractivity contribution < 1.29 is 13.2 Å². The van der Waals surface area contributed by atoms with Gasteiger partial charge in [-0.05, 0) is 70.6 Å². The lowest BCUT2D eigenvalue weighted by Gasteiger charge is -2.32. The van der Waals surface area contributed by atoms with Crippen LogP contribution < -0.4 is 4.72 Å². The Morgan fingerprint density at radius 3 is 2.44 bits per heavy atom. The highest BCUT2D eigenvalue weighted by Crippen LogP contribution is 2.25. The van der Waals surface area contributed by atoms with E-state index in [-0.39, 0.29) is 28.2 Å². The van der Waals surface area contributed by atoms with E-state index in [0.717, 1.165) is 24.1 Å². The van der Waals surface area contributed by atoms with Crippen LogP contribution in [0.25, 0.3) is 0 Å². The van der Waals surface area contributed by atoms with Gasteiger partial charge in [0, 0.05) is 25.3 Å². The number of aromatic nitrogens is 2. The number of hydrogen-bond acceptors (Lipinski definition) is 4. The highest BCUT2D eigenvalue weighted by molar-refractivity contribution is 7.89. The molecule has 7 nitrogen and oxygen atoms in total. The second-order valence-electron chi connectivity index (χ2n) is 10.1. The van der Waals surface area contributed by atoms with Crippen LogP contribution >= 0.6 is 0 Å². The average molecular weight is 461 g/mol. The SMILES string of the molecule is Cc1ccc(S(=O)(=O)NCC2CCCN(C(=O)c3cc(C(C)C)n(C(C)(C)C)n3)C2)cc1. The molecule has 1 aromatic heterocycles. The fraction of sp³-hybridized carbons (Fsp3) is 0.583.